The highest BCUT2D eigenvalue weighted by Gasteiger charge is 2.14. The Morgan fingerprint density at radius 1 is 0.875 bits per heavy atom. The van der Waals surface area contributed by atoms with Crippen molar-refractivity contribution in [3.63, 3.8) is 0 Å². The summed E-state index contributed by atoms with van der Waals surface area (Å²) in [6.07, 6.45) is 5.40. The van der Waals surface area contributed by atoms with Crippen molar-refractivity contribution in [3.8, 4) is 0 Å². The minimum absolute atomic E-state index is 0.00498. The third-order valence-electron chi connectivity index (χ3n) is 3.29. The molecule has 0 aliphatic carbocycles. The predicted molar refractivity (Wildman–Crippen MR) is 85.8 cm³/mol. The van der Waals surface area contributed by atoms with Crippen molar-refractivity contribution in [1.82, 2.24) is 9.97 Å². The summed E-state index contributed by atoms with van der Waals surface area (Å²) >= 11 is 0. The first kappa shape index (κ1) is 17.3. The molecule has 0 aromatic carbocycles. The molecule has 0 radical (unpaired) electrons. The lowest BCUT2D eigenvalue weighted by Crippen LogP contribution is -2.12. The van der Waals surface area contributed by atoms with Gasteiger partial charge in [-0.25, -0.2) is 0 Å². The fraction of sp³-hybridized carbons (Fsp3) is 0.222. The molecular weight excluding hydrogens is 308 g/mol. The molecule has 0 amide bonds. The summed E-state index contributed by atoms with van der Waals surface area (Å²) in [4.78, 5) is 54.6. The smallest absolute Gasteiger partial charge is 0.171 e. The van der Waals surface area contributed by atoms with Gasteiger partial charge in [-0.05, 0) is 30.7 Å². The lowest BCUT2D eigenvalue weighted by atomic mass is 10.0. The van der Waals surface area contributed by atoms with Gasteiger partial charge in [-0.3, -0.25) is 29.1 Å². The van der Waals surface area contributed by atoms with Crippen LogP contribution < -0.4 is 0 Å². The number of hydrogen-bond donors (Lipinski definition) is 0. The second-order valence-electron chi connectivity index (χ2n) is 5.44. The maximum Gasteiger partial charge on any atom is 0.171 e. The van der Waals surface area contributed by atoms with E-state index < -0.39 is 0 Å². The van der Waals surface area contributed by atoms with Crippen LogP contribution in [0.25, 0.3) is 0 Å². The number of rotatable bonds is 8. The van der Waals surface area contributed by atoms with Crippen molar-refractivity contribution in [1.29, 1.82) is 0 Å². The Kier molecular flexibility index (Phi) is 5.78. The Morgan fingerprint density at radius 3 is 2.21 bits per heavy atom. The van der Waals surface area contributed by atoms with Gasteiger partial charge < -0.3 is 0 Å². The Balaban J connectivity index is 2.00. The van der Waals surface area contributed by atoms with Crippen molar-refractivity contribution in [2.75, 3.05) is 0 Å². The molecule has 2 aromatic rings. The molecule has 6 heteroatoms. The molecule has 0 N–H and O–H groups in total. The summed E-state index contributed by atoms with van der Waals surface area (Å²) in [6, 6.07) is 4.64. The Labute approximate surface area is 138 Å². The molecule has 0 bridgehead atoms. The molecule has 6 nitrogen and oxygen atoms in total. The highest BCUT2D eigenvalue weighted by molar-refractivity contribution is 6.09. The standard InChI is InChI=1S/C18H16N2O4/c1-12(21)6-17(23)15-7-13(10-20-11-15)8-16(22)9-18(24)14-2-4-19-5-3-14/h2-5,7,10-11H,6,8-9H2,1H3. The minimum atomic E-state index is -0.336. The molecule has 122 valence electrons. The van der Waals surface area contributed by atoms with Crippen LogP contribution in [-0.2, 0) is 16.0 Å². The summed E-state index contributed by atoms with van der Waals surface area (Å²) in [5.41, 5.74) is 1.26. The Hall–Kier alpha value is -3.02. The zero-order valence-electron chi connectivity index (χ0n) is 13.2. The Bertz CT molecular complexity index is 785. The minimum Gasteiger partial charge on any atom is -0.300 e. The van der Waals surface area contributed by atoms with Crippen LogP contribution in [0.4, 0.5) is 0 Å². The first-order chi connectivity index (χ1) is 11.5. The zero-order valence-corrected chi connectivity index (χ0v) is 13.2. The number of nitrogens with zero attached hydrogens (tertiary/aromatic N) is 2. The molecular formula is C18H16N2O4. The summed E-state index contributed by atoms with van der Waals surface area (Å²) in [6.45, 7) is 1.34. The third kappa shape index (κ3) is 5.01. The molecule has 2 heterocycles. The molecule has 0 aliphatic heterocycles. The number of aromatic nitrogens is 2. The molecule has 0 spiro atoms. The van der Waals surface area contributed by atoms with Crippen molar-refractivity contribution in [2.45, 2.75) is 26.2 Å². The van der Waals surface area contributed by atoms with Gasteiger partial charge in [-0.2, -0.15) is 0 Å². The van der Waals surface area contributed by atoms with E-state index in [1.807, 2.05) is 0 Å². The van der Waals surface area contributed by atoms with Crippen LogP contribution in [0.2, 0.25) is 0 Å². The van der Waals surface area contributed by atoms with E-state index in [1.165, 1.54) is 37.8 Å². The van der Waals surface area contributed by atoms with E-state index >= 15 is 0 Å². The topological polar surface area (TPSA) is 94.1 Å². The second kappa shape index (κ2) is 8.01. The van der Waals surface area contributed by atoms with Crippen LogP contribution in [0, 0.1) is 0 Å². The molecule has 2 aromatic heterocycles. The van der Waals surface area contributed by atoms with E-state index in [0.717, 1.165) is 0 Å². The van der Waals surface area contributed by atoms with Gasteiger partial charge in [0.15, 0.2) is 11.6 Å². The van der Waals surface area contributed by atoms with Crippen molar-refractivity contribution in [2.24, 2.45) is 0 Å². The van der Waals surface area contributed by atoms with Gasteiger partial charge in [-0.1, -0.05) is 0 Å². The van der Waals surface area contributed by atoms with E-state index in [1.54, 1.807) is 12.1 Å². The molecule has 0 aliphatic rings. The van der Waals surface area contributed by atoms with Gasteiger partial charge in [0.25, 0.3) is 0 Å². The largest absolute Gasteiger partial charge is 0.300 e. The average Bonchev–Trinajstić information content (AvgIpc) is 2.55. The number of ketones is 4. The van der Waals surface area contributed by atoms with Crippen molar-refractivity contribution in [3.05, 3.63) is 59.7 Å². The highest BCUT2D eigenvalue weighted by Crippen LogP contribution is 2.10. The maximum atomic E-state index is 12.1. The molecule has 0 atom stereocenters. The van der Waals surface area contributed by atoms with Crippen LogP contribution in [0.15, 0.2) is 43.0 Å². The van der Waals surface area contributed by atoms with Gasteiger partial charge in [0, 0.05) is 42.3 Å². The predicted octanol–water partition coefficient (Wildman–Crippen LogP) is 2.02. The fourth-order valence-electron chi connectivity index (χ4n) is 2.17. The SMILES string of the molecule is CC(=O)CC(=O)c1cncc(CC(=O)CC(=O)c2ccncc2)c1. The first-order valence-electron chi connectivity index (χ1n) is 7.37. The van der Waals surface area contributed by atoms with Gasteiger partial charge in [-0.15, -0.1) is 0 Å². The first-order valence-corrected chi connectivity index (χ1v) is 7.37. The van der Waals surface area contributed by atoms with Crippen LogP contribution >= 0.6 is 0 Å². The van der Waals surface area contributed by atoms with Crippen molar-refractivity contribution < 1.29 is 19.2 Å². The van der Waals surface area contributed by atoms with E-state index in [0.29, 0.717) is 11.1 Å². The fourth-order valence-corrected chi connectivity index (χ4v) is 2.17. The molecule has 2 rings (SSSR count). The summed E-state index contributed by atoms with van der Waals surface area (Å²) in [7, 11) is 0. The second-order valence-corrected chi connectivity index (χ2v) is 5.44. The lowest BCUT2D eigenvalue weighted by molar-refractivity contribution is -0.118. The molecule has 0 unspecified atom stereocenters. The third-order valence-corrected chi connectivity index (χ3v) is 3.29. The summed E-state index contributed by atoms with van der Waals surface area (Å²) < 4.78 is 0. The summed E-state index contributed by atoms with van der Waals surface area (Å²) in [5, 5.41) is 0. The van der Waals surface area contributed by atoms with Gasteiger partial charge in [0.1, 0.15) is 11.6 Å². The average molecular weight is 324 g/mol. The maximum absolute atomic E-state index is 12.1. The van der Waals surface area contributed by atoms with E-state index in [-0.39, 0.29) is 48.0 Å². The number of carbonyl (C=O) groups excluding carboxylic acids is 4. The number of hydrogen-bond acceptors (Lipinski definition) is 6. The number of carbonyl (C=O) groups is 4. The van der Waals surface area contributed by atoms with Crippen LogP contribution in [0.5, 0.6) is 0 Å². The Morgan fingerprint density at radius 2 is 1.54 bits per heavy atom. The van der Waals surface area contributed by atoms with Gasteiger partial charge >= 0.3 is 0 Å². The van der Waals surface area contributed by atoms with Gasteiger partial charge in [0.2, 0.25) is 0 Å². The zero-order chi connectivity index (χ0) is 17.5. The van der Waals surface area contributed by atoms with E-state index in [9.17, 15) is 19.2 Å². The van der Waals surface area contributed by atoms with Gasteiger partial charge in [0.05, 0.1) is 12.8 Å². The van der Waals surface area contributed by atoms with E-state index in [2.05, 4.69) is 9.97 Å². The summed E-state index contributed by atoms with van der Waals surface area (Å²) in [5.74, 6) is -1.12. The number of Topliss-reactive ketones (excluding diaryl/α,β-unsaturated/α-hetero) is 4. The van der Waals surface area contributed by atoms with E-state index in [4.69, 9.17) is 0 Å². The van der Waals surface area contributed by atoms with Crippen LogP contribution in [0.3, 0.4) is 0 Å². The molecule has 24 heavy (non-hydrogen) atoms. The quantitative estimate of drug-likeness (QED) is 0.545. The van der Waals surface area contributed by atoms with Crippen molar-refractivity contribution >= 4 is 23.1 Å². The highest BCUT2D eigenvalue weighted by atomic mass is 16.2. The number of pyridine rings is 2. The molecule has 0 saturated carbocycles. The van der Waals surface area contributed by atoms with Crippen LogP contribution in [-0.4, -0.2) is 33.1 Å². The molecule has 0 fully saturated rings. The van der Waals surface area contributed by atoms with Crippen LogP contribution in [0.1, 0.15) is 46.0 Å². The lowest BCUT2D eigenvalue weighted by Gasteiger charge is -2.04. The monoisotopic (exact) mass is 324 g/mol. The molecule has 0 saturated heterocycles. The normalized spacial score (nSPS) is 10.2.